The highest BCUT2D eigenvalue weighted by atomic mass is 19.1. The number of hydrogen-bond donors (Lipinski definition) is 1. The van der Waals surface area contributed by atoms with Crippen LogP contribution in [-0.4, -0.2) is 40.0 Å². The minimum absolute atomic E-state index is 0.118. The highest BCUT2D eigenvalue weighted by Gasteiger charge is 2.25. The van der Waals surface area contributed by atoms with Crippen LogP contribution in [0.15, 0.2) is 18.5 Å². The van der Waals surface area contributed by atoms with Gasteiger partial charge in [0.25, 0.3) is 5.91 Å². The van der Waals surface area contributed by atoms with E-state index in [-0.39, 0.29) is 23.8 Å². The van der Waals surface area contributed by atoms with E-state index in [0.29, 0.717) is 25.9 Å². The van der Waals surface area contributed by atoms with Gasteiger partial charge in [0, 0.05) is 25.7 Å². The van der Waals surface area contributed by atoms with E-state index >= 15 is 0 Å². The summed E-state index contributed by atoms with van der Waals surface area (Å²) in [6, 6.07) is 1.17. The Balaban J connectivity index is 1.94. The molecule has 2 rings (SSSR count). The largest absolute Gasteiger partial charge is 0.481 e. The molecule has 0 aromatic carbocycles. The molecule has 0 aliphatic carbocycles. The van der Waals surface area contributed by atoms with Gasteiger partial charge in [-0.05, 0) is 24.8 Å². The van der Waals surface area contributed by atoms with Crippen LogP contribution in [0.3, 0.4) is 0 Å². The zero-order valence-corrected chi connectivity index (χ0v) is 10.4. The summed E-state index contributed by atoms with van der Waals surface area (Å²) in [6.45, 7) is 1.01. The lowest BCUT2D eigenvalue weighted by molar-refractivity contribution is -0.138. The number of halogens is 1. The molecule has 1 amide bonds. The van der Waals surface area contributed by atoms with Crippen LogP contribution in [0.4, 0.5) is 4.39 Å². The van der Waals surface area contributed by atoms with Crippen molar-refractivity contribution in [3.05, 3.63) is 29.8 Å². The van der Waals surface area contributed by atoms with Crippen LogP contribution >= 0.6 is 0 Å². The van der Waals surface area contributed by atoms with Crippen LogP contribution in [0, 0.1) is 11.7 Å². The Hall–Kier alpha value is -1.98. The molecule has 1 aliphatic rings. The summed E-state index contributed by atoms with van der Waals surface area (Å²) in [7, 11) is 0. The van der Waals surface area contributed by atoms with E-state index in [0.717, 1.165) is 6.20 Å². The fourth-order valence-corrected chi connectivity index (χ4v) is 2.30. The summed E-state index contributed by atoms with van der Waals surface area (Å²) in [5.74, 6) is -1.47. The van der Waals surface area contributed by atoms with Crippen LogP contribution in [0.5, 0.6) is 0 Å². The molecule has 0 saturated carbocycles. The molecule has 1 fully saturated rings. The Morgan fingerprint density at radius 2 is 2.05 bits per heavy atom. The number of nitrogens with zero attached hydrogens (tertiary/aromatic N) is 2. The summed E-state index contributed by atoms with van der Waals surface area (Å²) in [5, 5.41) is 8.72. The van der Waals surface area contributed by atoms with Crippen LogP contribution in [0.2, 0.25) is 0 Å². The predicted molar refractivity (Wildman–Crippen MR) is 65.1 cm³/mol. The molecule has 1 aliphatic heterocycles. The van der Waals surface area contributed by atoms with Crippen molar-refractivity contribution in [2.24, 2.45) is 5.92 Å². The fourth-order valence-electron chi connectivity index (χ4n) is 2.30. The van der Waals surface area contributed by atoms with Gasteiger partial charge in [0.2, 0.25) is 0 Å². The zero-order valence-electron chi connectivity index (χ0n) is 10.4. The number of amides is 1. The van der Waals surface area contributed by atoms with Crippen molar-refractivity contribution in [3.8, 4) is 0 Å². The first-order valence-electron chi connectivity index (χ1n) is 6.18. The van der Waals surface area contributed by atoms with Gasteiger partial charge in [0.15, 0.2) is 0 Å². The molecule has 102 valence electrons. The molecule has 19 heavy (non-hydrogen) atoms. The minimum atomic E-state index is -0.806. The second kappa shape index (κ2) is 5.77. The summed E-state index contributed by atoms with van der Waals surface area (Å²) in [6.07, 6.45) is 3.87. The highest BCUT2D eigenvalue weighted by molar-refractivity contribution is 5.93. The number of piperidine rings is 1. The Morgan fingerprint density at radius 1 is 1.37 bits per heavy atom. The second-order valence-corrected chi connectivity index (χ2v) is 4.73. The average Bonchev–Trinajstić information content (AvgIpc) is 2.38. The molecule has 0 unspecified atom stereocenters. The summed E-state index contributed by atoms with van der Waals surface area (Å²) in [4.78, 5) is 28.0. The maximum absolute atomic E-state index is 13.0. The predicted octanol–water partition coefficient (Wildman–Crippen LogP) is 1.55. The standard InChI is InChI=1S/C13H15FN2O3/c14-11-6-10(7-15-8-11)13(19)16-3-1-9(2-4-16)5-12(17)18/h6-9H,1-5H2,(H,17,18). The van der Waals surface area contributed by atoms with Crippen LogP contribution in [0.1, 0.15) is 29.6 Å². The molecular weight excluding hydrogens is 251 g/mol. The van der Waals surface area contributed by atoms with Gasteiger partial charge in [-0.25, -0.2) is 4.39 Å². The van der Waals surface area contributed by atoms with Crippen LogP contribution in [0.25, 0.3) is 0 Å². The second-order valence-electron chi connectivity index (χ2n) is 4.73. The van der Waals surface area contributed by atoms with Crippen molar-refractivity contribution < 1.29 is 19.1 Å². The Kier molecular flexibility index (Phi) is 4.09. The smallest absolute Gasteiger partial charge is 0.303 e. The number of rotatable bonds is 3. The van der Waals surface area contributed by atoms with E-state index < -0.39 is 11.8 Å². The first kappa shape index (κ1) is 13.5. The van der Waals surface area contributed by atoms with E-state index in [9.17, 15) is 14.0 Å². The topological polar surface area (TPSA) is 70.5 Å². The third-order valence-corrected chi connectivity index (χ3v) is 3.32. The lowest BCUT2D eigenvalue weighted by Crippen LogP contribution is -2.39. The maximum Gasteiger partial charge on any atom is 0.303 e. The number of carbonyl (C=O) groups is 2. The number of carbonyl (C=O) groups excluding carboxylic acids is 1. The lowest BCUT2D eigenvalue weighted by Gasteiger charge is -2.31. The number of aliphatic carboxylic acids is 1. The Labute approximate surface area is 110 Å². The first-order chi connectivity index (χ1) is 9.06. The van der Waals surface area contributed by atoms with Crippen LogP contribution < -0.4 is 0 Å². The fraction of sp³-hybridized carbons (Fsp3) is 0.462. The van der Waals surface area contributed by atoms with Crippen molar-refractivity contribution in [1.82, 2.24) is 9.88 Å². The van der Waals surface area contributed by atoms with Gasteiger partial charge < -0.3 is 10.0 Å². The molecule has 0 spiro atoms. The number of likely N-dealkylation sites (tertiary alicyclic amines) is 1. The van der Waals surface area contributed by atoms with Crippen molar-refractivity contribution in [2.75, 3.05) is 13.1 Å². The normalized spacial score (nSPS) is 16.4. The quantitative estimate of drug-likeness (QED) is 0.901. The first-order valence-corrected chi connectivity index (χ1v) is 6.18. The van der Waals surface area contributed by atoms with Gasteiger partial charge in [0.1, 0.15) is 5.82 Å². The number of aromatic nitrogens is 1. The van der Waals surface area contributed by atoms with Gasteiger partial charge in [-0.3, -0.25) is 14.6 Å². The van der Waals surface area contributed by atoms with E-state index in [2.05, 4.69) is 4.98 Å². The van der Waals surface area contributed by atoms with E-state index in [1.165, 1.54) is 12.3 Å². The monoisotopic (exact) mass is 266 g/mol. The minimum Gasteiger partial charge on any atom is -0.481 e. The SMILES string of the molecule is O=C(O)CC1CCN(C(=O)c2cncc(F)c2)CC1. The van der Waals surface area contributed by atoms with Crippen molar-refractivity contribution in [3.63, 3.8) is 0 Å². The highest BCUT2D eigenvalue weighted by Crippen LogP contribution is 2.21. The number of carboxylic acid groups (broad SMARTS) is 1. The van der Waals surface area contributed by atoms with E-state index in [1.54, 1.807) is 4.90 Å². The summed E-state index contributed by atoms with van der Waals surface area (Å²) >= 11 is 0. The molecule has 1 aromatic heterocycles. The number of hydrogen-bond acceptors (Lipinski definition) is 3. The molecule has 1 N–H and O–H groups in total. The maximum atomic E-state index is 13.0. The van der Waals surface area contributed by atoms with Crippen molar-refractivity contribution >= 4 is 11.9 Å². The molecule has 6 heteroatoms. The van der Waals surface area contributed by atoms with Crippen molar-refractivity contribution in [2.45, 2.75) is 19.3 Å². The molecule has 5 nitrogen and oxygen atoms in total. The molecule has 0 atom stereocenters. The van der Waals surface area contributed by atoms with Crippen LogP contribution in [-0.2, 0) is 4.79 Å². The molecule has 0 radical (unpaired) electrons. The van der Waals surface area contributed by atoms with Gasteiger partial charge in [-0.15, -0.1) is 0 Å². The number of carboxylic acids is 1. The molecule has 1 aromatic rings. The summed E-state index contributed by atoms with van der Waals surface area (Å²) < 4.78 is 13.0. The van der Waals surface area contributed by atoms with E-state index in [4.69, 9.17) is 5.11 Å². The third kappa shape index (κ3) is 3.49. The molecule has 2 heterocycles. The third-order valence-electron chi connectivity index (χ3n) is 3.32. The Morgan fingerprint density at radius 3 is 2.63 bits per heavy atom. The van der Waals surface area contributed by atoms with Gasteiger partial charge >= 0.3 is 5.97 Å². The Bertz CT molecular complexity index is 485. The van der Waals surface area contributed by atoms with Crippen molar-refractivity contribution in [1.29, 1.82) is 0 Å². The summed E-state index contributed by atoms with van der Waals surface area (Å²) in [5.41, 5.74) is 0.233. The van der Waals surface area contributed by atoms with E-state index in [1.807, 2.05) is 0 Å². The molecular formula is C13H15FN2O3. The lowest BCUT2D eigenvalue weighted by atomic mass is 9.93. The van der Waals surface area contributed by atoms with Gasteiger partial charge in [-0.2, -0.15) is 0 Å². The average molecular weight is 266 g/mol. The van der Waals surface area contributed by atoms with Gasteiger partial charge in [-0.1, -0.05) is 0 Å². The molecule has 0 bridgehead atoms. The zero-order chi connectivity index (χ0) is 13.8. The molecule has 1 saturated heterocycles. The number of pyridine rings is 1. The van der Waals surface area contributed by atoms with Gasteiger partial charge in [0.05, 0.1) is 11.8 Å².